The average Bonchev–Trinajstić information content (AvgIpc) is 3.13. The molecule has 0 radical (unpaired) electrons. The maximum Gasteiger partial charge on any atom is 0.273 e. The Bertz CT molecular complexity index is 992. The first kappa shape index (κ1) is 13.8. The molecule has 1 fully saturated rings. The predicted octanol–water partition coefficient (Wildman–Crippen LogP) is 3.30. The van der Waals surface area contributed by atoms with Crippen LogP contribution in [0.25, 0.3) is 5.65 Å². The molecule has 2 aliphatic heterocycles. The second-order valence-electron chi connectivity index (χ2n) is 6.87. The zero-order valence-electron chi connectivity index (χ0n) is 13.6. The highest BCUT2D eigenvalue weighted by Gasteiger charge is 2.47. The van der Waals surface area contributed by atoms with E-state index in [1.807, 2.05) is 10.8 Å². The first-order chi connectivity index (χ1) is 11.6. The van der Waals surface area contributed by atoms with E-state index in [0.29, 0.717) is 11.8 Å². The molecule has 0 spiro atoms. The highest BCUT2D eigenvalue weighted by molar-refractivity contribution is 6.31. The van der Waals surface area contributed by atoms with Gasteiger partial charge in [0, 0.05) is 35.9 Å². The lowest BCUT2D eigenvalue weighted by molar-refractivity contribution is -0.476. The van der Waals surface area contributed by atoms with Crippen LogP contribution < -0.4 is 0 Å². The van der Waals surface area contributed by atoms with E-state index in [1.54, 1.807) is 12.3 Å². The molecular formula is C19H18FN4+. The highest BCUT2D eigenvalue weighted by Crippen LogP contribution is 2.49. The number of halogens is 1. The lowest BCUT2D eigenvalue weighted by atomic mass is 10.1. The number of imidazole rings is 1. The van der Waals surface area contributed by atoms with Crippen LogP contribution in [0, 0.1) is 19.8 Å². The van der Waals surface area contributed by atoms with Gasteiger partial charge in [0.2, 0.25) is 0 Å². The number of pyridine rings is 1. The summed E-state index contributed by atoms with van der Waals surface area (Å²) in [6, 6.07) is 4.22. The molecule has 2 aromatic rings. The average molecular weight is 321 g/mol. The van der Waals surface area contributed by atoms with Gasteiger partial charge in [-0.1, -0.05) is 0 Å². The molecule has 0 N–H and O–H groups in total. The Labute approximate surface area is 139 Å². The van der Waals surface area contributed by atoms with Gasteiger partial charge < -0.3 is 4.40 Å². The van der Waals surface area contributed by atoms with Crippen LogP contribution in [0.5, 0.6) is 0 Å². The molecule has 3 aliphatic rings. The van der Waals surface area contributed by atoms with E-state index in [-0.39, 0.29) is 12.0 Å². The van der Waals surface area contributed by atoms with Gasteiger partial charge >= 0.3 is 0 Å². The van der Waals surface area contributed by atoms with Crippen LogP contribution in [-0.4, -0.2) is 32.1 Å². The molecule has 24 heavy (non-hydrogen) atoms. The third-order valence-corrected chi connectivity index (χ3v) is 5.16. The lowest BCUT2D eigenvalue weighted by Crippen LogP contribution is -2.16. The van der Waals surface area contributed by atoms with Crippen molar-refractivity contribution < 1.29 is 8.97 Å². The summed E-state index contributed by atoms with van der Waals surface area (Å²) in [6.07, 6.45) is 9.78. The fourth-order valence-electron chi connectivity index (χ4n) is 3.75. The number of allylic oxidation sites excluding steroid dienone is 2. The fourth-order valence-corrected chi connectivity index (χ4v) is 3.75. The summed E-state index contributed by atoms with van der Waals surface area (Å²) in [5.41, 5.74) is 5.67. The smallest absolute Gasteiger partial charge is 0.273 e. The van der Waals surface area contributed by atoms with Crippen LogP contribution in [0.15, 0.2) is 47.5 Å². The maximum absolute atomic E-state index is 13.4. The maximum atomic E-state index is 13.4. The van der Waals surface area contributed by atoms with Gasteiger partial charge in [0.25, 0.3) is 6.17 Å². The van der Waals surface area contributed by atoms with Crippen molar-refractivity contribution in [2.75, 3.05) is 0 Å². The van der Waals surface area contributed by atoms with Crippen LogP contribution in [0.1, 0.15) is 29.3 Å². The number of fused-ring (bicyclic) bond motifs is 2. The van der Waals surface area contributed by atoms with E-state index in [9.17, 15) is 4.39 Å². The van der Waals surface area contributed by atoms with Gasteiger partial charge in [-0.2, -0.15) is 4.58 Å². The van der Waals surface area contributed by atoms with Gasteiger partial charge in [0.15, 0.2) is 12.4 Å². The standard InChI is InChI=1S/C19H18FN4/c1-11-3-6-24-12(2)19(22-18(24)7-11)15-9-14(15)16-10-23-5-4-13(20)8-17(23)21-16/h3-8,10,14-15,17H,9H2,1-2H3/q+1. The van der Waals surface area contributed by atoms with Gasteiger partial charge in [-0.3, -0.25) is 0 Å². The molecule has 3 atom stereocenters. The van der Waals surface area contributed by atoms with Gasteiger partial charge in [0.1, 0.15) is 17.2 Å². The van der Waals surface area contributed by atoms with Crippen LogP contribution in [0.2, 0.25) is 0 Å². The van der Waals surface area contributed by atoms with Crippen LogP contribution >= 0.6 is 0 Å². The quantitative estimate of drug-likeness (QED) is 0.781. The Hall–Kier alpha value is -2.56. The van der Waals surface area contributed by atoms with Gasteiger partial charge in [-0.15, -0.1) is 0 Å². The van der Waals surface area contributed by atoms with Crippen molar-refractivity contribution in [3.05, 3.63) is 59.5 Å². The molecule has 4 heterocycles. The van der Waals surface area contributed by atoms with Crippen molar-refractivity contribution in [3.8, 4) is 0 Å². The number of aromatic nitrogens is 2. The molecule has 1 saturated carbocycles. The van der Waals surface area contributed by atoms with E-state index in [4.69, 9.17) is 4.98 Å². The summed E-state index contributed by atoms with van der Waals surface area (Å²) in [4.78, 5) is 9.53. The lowest BCUT2D eigenvalue weighted by Gasteiger charge is -2.01. The molecule has 1 aliphatic carbocycles. The molecule has 0 aromatic carbocycles. The molecule has 5 heteroatoms. The molecular weight excluding hydrogens is 303 g/mol. The largest absolute Gasteiger partial charge is 0.304 e. The number of hydrogen-bond acceptors (Lipinski definition) is 2. The van der Waals surface area contributed by atoms with Crippen molar-refractivity contribution in [1.82, 2.24) is 9.38 Å². The Kier molecular flexibility index (Phi) is 2.72. The zero-order valence-corrected chi connectivity index (χ0v) is 13.6. The third-order valence-electron chi connectivity index (χ3n) is 5.16. The van der Waals surface area contributed by atoms with E-state index in [2.05, 4.69) is 41.6 Å². The normalized spacial score (nSPS) is 27.8. The molecule has 2 aromatic heterocycles. The number of nitrogens with zero attached hydrogens (tertiary/aromatic N) is 4. The summed E-state index contributed by atoms with van der Waals surface area (Å²) < 4.78 is 17.5. The first-order valence-corrected chi connectivity index (χ1v) is 8.31. The van der Waals surface area contributed by atoms with Crippen LogP contribution in [0.4, 0.5) is 4.39 Å². The Balaban J connectivity index is 1.46. The molecule has 0 amide bonds. The van der Waals surface area contributed by atoms with Crippen molar-refractivity contribution in [3.63, 3.8) is 0 Å². The first-order valence-electron chi connectivity index (χ1n) is 8.31. The van der Waals surface area contributed by atoms with E-state index in [0.717, 1.165) is 17.8 Å². The number of aliphatic imine (C=N–C) groups is 1. The number of hydrogen-bond donors (Lipinski definition) is 0. The van der Waals surface area contributed by atoms with Gasteiger partial charge in [0.05, 0.1) is 5.69 Å². The fraction of sp³-hybridized carbons (Fsp3) is 0.316. The molecule has 5 rings (SSSR count). The van der Waals surface area contributed by atoms with Gasteiger partial charge in [-0.25, -0.2) is 14.4 Å². The Morgan fingerprint density at radius 2 is 2.17 bits per heavy atom. The van der Waals surface area contributed by atoms with E-state index >= 15 is 0 Å². The molecule has 0 bridgehead atoms. The summed E-state index contributed by atoms with van der Waals surface area (Å²) >= 11 is 0. The van der Waals surface area contributed by atoms with Crippen molar-refractivity contribution in [2.24, 2.45) is 10.9 Å². The third kappa shape index (κ3) is 2.00. The summed E-state index contributed by atoms with van der Waals surface area (Å²) in [6.45, 7) is 4.21. The number of rotatable bonds is 2. The van der Waals surface area contributed by atoms with Crippen molar-refractivity contribution in [1.29, 1.82) is 0 Å². The molecule has 0 saturated heterocycles. The number of aryl methyl sites for hydroxylation is 2. The summed E-state index contributed by atoms with van der Waals surface area (Å²) in [5.74, 6) is 0.595. The summed E-state index contributed by atoms with van der Waals surface area (Å²) in [5, 5.41) is 0. The summed E-state index contributed by atoms with van der Waals surface area (Å²) in [7, 11) is 0. The van der Waals surface area contributed by atoms with Crippen LogP contribution in [0.3, 0.4) is 0 Å². The Morgan fingerprint density at radius 3 is 3.04 bits per heavy atom. The Morgan fingerprint density at radius 1 is 1.29 bits per heavy atom. The minimum atomic E-state index is -0.214. The van der Waals surface area contributed by atoms with Crippen molar-refractivity contribution in [2.45, 2.75) is 32.4 Å². The molecule has 3 unspecified atom stereocenters. The SMILES string of the molecule is Cc1ccn2c(C)c(C3CC3C3=NC4C=C(F)C=C[N+]4=C3)nc2c1. The topological polar surface area (TPSA) is 32.7 Å². The van der Waals surface area contributed by atoms with Crippen LogP contribution in [-0.2, 0) is 0 Å². The second-order valence-corrected chi connectivity index (χ2v) is 6.87. The van der Waals surface area contributed by atoms with E-state index in [1.165, 1.54) is 23.0 Å². The highest BCUT2D eigenvalue weighted by atomic mass is 19.1. The minimum Gasteiger partial charge on any atom is -0.304 e. The predicted molar refractivity (Wildman–Crippen MR) is 91.4 cm³/mol. The minimum absolute atomic E-state index is 0.212. The van der Waals surface area contributed by atoms with Gasteiger partial charge in [-0.05, 0) is 38.0 Å². The zero-order chi connectivity index (χ0) is 16.4. The molecule has 120 valence electrons. The molecule has 4 nitrogen and oxygen atoms in total. The van der Waals surface area contributed by atoms with Crippen molar-refractivity contribution >= 4 is 17.6 Å². The van der Waals surface area contributed by atoms with E-state index < -0.39 is 0 Å². The monoisotopic (exact) mass is 321 g/mol. The second kappa shape index (κ2) is 4.72.